The highest BCUT2D eigenvalue weighted by Crippen LogP contribution is 2.60. The molecule has 3 rings (SSSR count). The van der Waals surface area contributed by atoms with Crippen LogP contribution in [0.2, 0.25) is 0 Å². The van der Waals surface area contributed by atoms with E-state index >= 15 is 0 Å². The van der Waals surface area contributed by atoms with E-state index in [4.69, 9.17) is 0 Å². The lowest BCUT2D eigenvalue weighted by molar-refractivity contribution is 0.0596. The van der Waals surface area contributed by atoms with E-state index in [-0.39, 0.29) is 6.10 Å². The molecule has 29 heavy (non-hydrogen) atoms. The minimum atomic E-state index is -0.535. The van der Waals surface area contributed by atoms with Gasteiger partial charge in [0.1, 0.15) is 0 Å². The fourth-order valence-corrected chi connectivity index (χ4v) is 6.67. The van der Waals surface area contributed by atoms with Gasteiger partial charge in [0, 0.05) is 0 Å². The zero-order valence-corrected chi connectivity index (χ0v) is 19.3. The lowest BCUT2D eigenvalue weighted by atomic mass is 9.63. The minimum Gasteiger partial charge on any atom is -0.393 e. The standard InChI is InChI=1S/C27H44O2/c1-19-10-13-23(28)18-22(19)12-11-21-9-7-17-27(5)24(14-15-25(21)27)20(2)8-6-16-26(3,4)29/h11-12,20,23-25,28-29H,1,6-10,13-18H2,2-5H3/b21-11-,22-12-/t20-,23+,24-,25+,27-/m1/s1/i1+1,9+1. The predicted molar refractivity (Wildman–Crippen MR) is 123 cm³/mol. The zero-order valence-electron chi connectivity index (χ0n) is 19.3. The van der Waals surface area contributed by atoms with Crippen LogP contribution in [-0.2, 0) is 0 Å². The molecule has 0 aromatic carbocycles. The molecule has 0 spiro atoms. The van der Waals surface area contributed by atoms with Gasteiger partial charge in [-0.3, -0.25) is 0 Å². The summed E-state index contributed by atoms with van der Waals surface area (Å²) in [5, 5.41) is 20.1. The maximum absolute atomic E-state index is 10.0. The van der Waals surface area contributed by atoms with Crippen LogP contribution in [0.4, 0.5) is 0 Å². The van der Waals surface area contributed by atoms with E-state index < -0.39 is 5.60 Å². The molecule has 0 aromatic rings. The second kappa shape index (κ2) is 9.10. The van der Waals surface area contributed by atoms with E-state index in [1.54, 1.807) is 5.57 Å². The first-order valence-corrected chi connectivity index (χ1v) is 12.1. The van der Waals surface area contributed by atoms with Crippen molar-refractivity contribution >= 4 is 0 Å². The van der Waals surface area contributed by atoms with E-state index in [1.165, 1.54) is 49.7 Å². The molecule has 2 N–H and O–H groups in total. The maximum Gasteiger partial charge on any atom is 0.0591 e. The van der Waals surface area contributed by atoms with Crippen molar-refractivity contribution in [3.63, 3.8) is 0 Å². The van der Waals surface area contributed by atoms with E-state index in [1.807, 2.05) is 13.8 Å². The van der Waals surface area contributed by atoms with Crippen molar-refractivity contribution in [3.05, 3.63) is 35.5 Å². The topological polar surface area (TPSA) is 40.5 Å². The fourth-order valence-electron chi connectivity index (χ4n) is 6.67. The van der Waals surface area contributed by atoms with Crippen molar-refractivity contribution in [2.75, 3.05) is 0 Å². The van der Waals surface area contributed by atoms with Gasteiger partial charge in [-0.05, 0) is 100 Å². The molecular weight excluding hydrogens is 358 g/mol. The second-order valence-electron chi connectivity index (χ2n) is 11.2. The third-order valence-corrected chi connectivity index (χ3v) is 8.36. The molecule has 0 bridgehead atoms. The van der Waals surface area contributed by atoms with Gasteiger partial charge in [0.05, 0.1) is 11.7 Å². The first-order valence-electron chi connectivity index (χ1n) is 12.1. The van der Waals surface area contributed by atoms with Crippen LogP contribution in [0.1, 0.15) is 98.3 Å². The molecule has 3 fully saturated rings. The van der Waals surface area contributed by atoms with Crippen LogP contribution in [0.5, 0.6) is 0 Å². The van der Waals surface area contributed by atoms with E-state index in [2.05, 4.69) is 32.6 Å². The van der Waals surface area contributed by atoms with Crippen LogP contribution >= 0.6 is 0 Å². The summed E-state index contributed by atoms with van der Waals surface area (Å²) in [6.07, 6.45) is 16.9. The van der Waals surface area contributed by atoms with Gasteiger partial charge >= 0.3 is 0 Å². The average molecular weight is 403 g/mol. The first kappa shape index (κ1) is 22.8. The number of allylic oxidation sites excluding steroid dienone is 4. The normalized spacial score (nSPS) is 37.2. The highest BCUT2D eigenvalue weighted by Gasteiger charge is 2.50. The fraction of sp³-hybridized carbons (Fsp3) is 0.778. The Kier molecular flexibility index (Phi) is 7.16. The molecule has 5 atom stereocenters. The van der Waals surface area contributed by atoms with Gasteiger partial charge in [-0.25, -0.2) is 0 Å². The Morgan fingerprint density at radius 1 is 1.21 bits per heavy atom. The lowest BCUT2D eigenvalue weighted by Crippen LogP contribution is -2.36. The van der Waals surface area contributed by atoms with Crippen LogP contribution in [0.15, 0.2) is 35.5 Å². The Hall–Kier alpha value is -0.860. The molecule has 3 aliphatic carbocycles. The minimum absolute atomic E-state index is 0.192. The molecule has 164 valence electrons. The summed E-state index contributed by atoms with van der Waals surface area (Å²) in [5.74, 6) is 2.26. The van der Waals surface area contributed by atoms with Gasteiger partial charge in [0.25, 0.3) is 0 Å². The Morgan fingerprint density at radius 3 is 2.69 bits per heavy atom. The van der Waals surface area contributed by atoms with E-state index in [0.717, 1.165) is 49.9 Å². The number of rotatable bonds is 6. The van der Waals surface area contributed by atoms with Crippen LogP contribution in [0, 0.1) is 23.2 Å². The summed E-state index contributed by atoms with van der Waals surface area (Å²) in [6.45, 7) is 13.1. The highest BCUT2D eigenvalue weighted by molar-refractivity contribution is 5.36. The third kappa shape index (κ3) is 5.44. The average Bonchev–Trinajstić information content (AvgIpc) is 2.99. The van der Waals surface area contributed by atoms with Crippen molar-refractivity contribution in [2.45, 2.75) is 110 Å². The van der Waals surface area contributed by atoms with Crippen molar-refractivity contribution < 1.29 is 10.2 Å². The molecule has 3 saturated carbocycles. The smallest absolute Gasteiger partial charge is 0.0591 e. The van der Waals surface area contributed by atoms with Crippen molar-refractivity contribution in [3.8, 4) is 0 Å². The number of hydrogen-bond acceptors (Lipinski definition) is 2. The SMILES string of the molecule is C[C@H](CCCC(C)(C)O)[C@H]1CC[C@H]2/C(=C\C=C3\C[C@@H](O)CCC3=[13CH2])[13CH2]CC[C@]12C. The predicted octanol–water partition coefficient (Wildman–Crippen LogP) is 6.73. The summed E-state index contributed by atoms with van der Waals surface area (Å²) in [5.41, 5.74) is 4.02. The molecule has 0 amide bonds. The summed E-state index contributed by atoms with van der Waals surface area (Å²) < 4.78 is 0. The lowest BCUT2D eigenvalue weighted by Gasteiger charge is -2.44. The van der Waals surface area contributed by atoms with Crippen LogP contribution in [0.25, 0.3) is 0 Å². The Bertz CT molecular complexity index is 650. The molecule has 0 heterocycles. The monoisotopic (exact) mass is 402 g/mol. The number of hydrogen-bond donors (Lipinski definition) is 2. The Morgan fingerprint density at radius 2 is 1.97 bits per heavy atom. The van der Waals surface area contributed by atoms with Gasteiger partial charge in [0.15, 0.2) is 0 Å². The quantitative estimate of drug-likeness (QED) is 0.483. The zero-order chi connectivity index (χ0) is 21.2. The van der Waals surface area contributed by atoms with Gasteiger partial charge in [0.2, 0.25) is 0 Å². The van der Waals surface area contributed by atoms with Gasteiger partial charge in [-0.1, -0.05) is 56.6 Å². The Labute approximate surface area is 179 Å². The molecule has 0 aromatic heterocycles. The molecule has 0 radical (unpaired) electrons. The first-order chi connectivity index (χ1) is 13.6. The molecule has 2 heteroatoms. The Balaban J connectivity index is 1.68. The summed E-state index contributed by atoms with van der Waals surface area (Å²) in [7, 11) is 0. The van der Waals surface area contributed by atoms with Gasteiger partial charge in [-0.2, -0.15) is 0 Å². The van der Waals surface area contributed by atoms with Crippen LogP contribution in [-0.4, -0.2) is 21.9 Å². The van der Waals surface area contributed by atoms with Crippen molar-refractivity contribution in [1.29, 1.82) is 0 Å². The molecule has 0 aliphatic heterocycles. The van der Waals surface area contributed by atoms with Crippen molar-refractivity contribution in [1.82, 2.24) is 0 Å². The number of aliphatic hydroxyl groups excluding tert-OH is 1. The summed E-state index contributed by atoms with van der Waals surface area (Å²) in [6, 6.07) is 0. The van der Waals surface area contributed by atoms with Crippen LogP contribution < -0.4 is 0 Å². The second-order valence-corrected chi connectivity index (χ2v) is 11.2. The number of aliphatic hydroxyl groups is 2. The summed E-state index contributed by atoms with van der Waals surface area (Å²) in [4.78, 5) is 0. The largest absolute Gasteiger partial charge is 0.393 e. The molecule has 0 unspecified atom stereocenters. The molecule has 2 nitrogen and oxygen atoms in total. The van der Waals surface area contributed by atoms with Gasteiger partial charge in [-0.15, -0.1) is 0 Å². The summed E-state index contributed by atoms with van der Waals surface area (Å²) >= 11 is 0. The molecular formula is C27H44O2. The molecule has 0 saturated heterocycles. The number of fused-ring (bicyclic) bond motifs is 1. The van der Waals surface area contributed by atoms with Crippen LogP contribution in [0.3, 0.4) is 0 Å². The van der Waals surface area contributed by atoms with E-state index in [0.29, 0.717) is 5.41 Å². The third-order valence-electron chi connectivity index (χ3n) is 8.36. The highest BCUT2D eigenvalue weighted by atomic mass is 16.3. The van der Waals surface area contributed by atoms with Crippen molar-refractivity contribution in [2.24, 2.45) is 23.2 Å². The van der Waals surface area contributed by atoms with Gasteiger partial charge < -0.3 is 10.2 Å². The maximum atomic E-state index is 10.0. The molecule has 3 aliphatic rings. The van der Waals surface area contributed by atoms with E-state index in [9.17, 15) is 10.2 Å².